The fraction of sp³-hybridized carbons (Fsp3) is 0.214. The SMILES string of the molecule is COCCNc1n[c]c(-c2nc3ccccc3s2)cn1. The normalized spacial score (nSPS) is 10.8. The molecule has 0 atom stereocenters. The first-order valence-electron chi connectivity index (χ1n) is 6.20. The van der Waals surface area contributed by atoms with Crippen LogP contribution in [0.3, 0.4) is 0 Å². The third kappa shape index (κ3) is 2.76. The quantitative estimate of drug-likeness (QED) is 0.730. The molecule has 6 heteroatoms. The number of nitrogens with one attached hydrogen (secondary N) is 1. The fourth-order valence-corrected chi connectivity index (χ4v) is 2.66. The van der Waals surface area contributed by atoms with Gasteiger partial charge in [0, 0.05) is 19.9 Å². The monoisotopic (exact) mass is 285 g/mol. The minimum absolute atomic E-state index is 0.548. The van der Waals surface area contributed by atoms with Gasteiger partial charge in [-0.25, -0.2) is 15.0 Å². The molecule has 0 saturated carbocycles. The lowest BCUT2D eigenvalue weighted by molar-refractivity contribution is 0.210. The minimum atomic E-state index is 0.548. The number of benzene rings is 1. The largest absolute Gasteiger partial charge is 0.383 e. The van der Waals surface area contributed by atoms with Gasteiger partial charge in [-0.1, -0.05) is 12.1 Å². The van der Waals surface area contributed by atoms with Gasteiger partial charge in [0.25, 0.3) is 0 Å². The van der Waals surface area contributed by atoms with Crippen molar-refractivity contribution in [1.29, 1.82) is 0 Å². The molecule has 3 aromatic rings. The van der Waals surface area contributed by atoms with Crippen LogP contribution in [0.15, 0.2) is 30.5 Å². The van der Waals surface area contributed by atoms with Crippen LogP contribution in [-0.2, 0) is 4.74 Å². The molecule has 0 fully saturated rings. The summed E-state index contributed by atoms with van der Waals surface area (Å²) in [5.41, 5.74) is 1.80. The maximum atomic E-state index is 4.95. The van der Waals surface area contributed by atoms with Gasteiger partial charge >= 0.3 is 0 Å². The molecule has 2 heterocycles. The number of hydrogen-bond donors (Lipinski definition) is 1. The van der Waals surface area contributed by atoms with Crippen molar-refractivity contribution < 1.29 is 4.74 Å². The van der Waals surface area contributed by atoms with Crippen molar-refractivity contribution >= 4 is 27.5 Å². The van der Waals surface area contributed by atoms with Crippen LogP contribution < -0.4 is 5.32 Å². The van der Waals surface area contributed by atoms with Crippen molar-refractivity contribution in [3.8, 4) is 10.6 Å². The standard InChI is InChI=1S/C14H13N4OS/c1-19-7-6-15-14-16-8-10(9-17-14)13-18-11-4-2-3-5-12(11)20-13/h2-5,8H,6-7H2,1H3,(H,15,16,17). The molecule has 0 saturated heterocycles. The molecule has 0 spiro atoms. The van der Waals surface area contributed by atoms with Crippen LogP contribution in [0.4, 0.5) is 5.95 Å². The average Bonchev–Trinajstić information content (AvgIpc) is 2.92. The maximum Gasteiger partial charge on any atom is 0.223 e. The number of rotatable bonds is 5. The highest BCUT2D eigenvalue weighted by atomic mass is 32.1. The van der Waals surface area contributed by atoms with Gasteiger partial charge in [-0.2, -0.15) is 0 Å². The van der Waals surface area contributed by atoms with E-state index >= 15 is 0 Å². The van der Waals surface area contributed by atoms with Gasteiger partial charge in [-0.15, -0.1) is 11.3 Å². The number of anilines is 1. The van der Waals surface area contributed by atoms with Gasteiger partial charge in [0.1, 0.15) is 11.2 Å². The molecule has 1 N–H and O–H groups in total. The summed E-state index contributed by atoms with van der Waals surface area (Å²) in [4.78, 5) is 13.0. The van der Waals surface area contributed by atoms with Gasteiger partial charge in [0.2, 0.25) is 5.95 Å². The molecular weight excluding hydrogens is 272 g/mol. The first-order chi connectivity index (χ1) is 9.86. The topological polar surface area (TPSA) is 59.9 Å². The number of ether oxygens (including phenoxy) is 1. The Hall–Kier alpha value is -2.05. The lowest BCUT2D eigenvalue weighted by atomic mass is 10.3. The zero-order valence-electron chi connectivity index (χ0n) is 11.0. The van der Waals surface area contributed by atoms with E-state index in [0.717, 1.165) is 20.8 Å². The van der Waals surface area contributed by atoms with E-state index < -0.39 is 0 Å². The van der Waals surface area contributed by atoms with Crippen molar-refractivity contribution in [3.05, 3.63) is 36.7 Å². The van der Waals surface area contributed by atoms with Crippen molar-refractivity contribution in [1.82, 2.24) is 15.0 Å². The first kappa shape index (κ1) is 13.0. The number of thiazole rings is 1. The molecule has 1 radical (unpaired) electrons. The van der Waals surface area contributed by atoms with E-state index in [2.05, 4.69) is 32.5 Å². The van der Waals surface area contributed by atoms with Gasteiger partial charge in [-0.3, -0.25) is 0 Å². The molecule has 0 amide bonds. The molecule has 101 valence electrons. The second kappa shape index (κ2) is 5.94. The van der Waals surface area contributed by atoms with E-state index in [1.165, 1.54) is 0 Å². The van der Waals surface area contributed by atoms with E-state index in [-0.39, 0.29) is 0 Å². The third-order valence-electron chi connectivity index (χ3n) is 2.71. The molecule has 0 aliphatic heterocycles. The lowest BCUT2D eigenvalue weighted by Gasteiger charge is -2.03. The average molecular weight is 285 g/mol. The van der Waals surface area contributed by atoms with E-state index in [0.29, 0.717) is 19.1 Å². The Balaban J connectivity index is 1.79. The summed E-state index contributed by atoms with van der Waals surface area (Å²) in [5.74, 6) is 0.548. The maximum absolute atomic E-state index is 4.95. The Kier molecular flexibility index (Phi) is 3.85. The van der Waals surface area contributed by atoms with E-state index in [1.807, 2.05) is 18.2 Å². The van der Waals surface area contributed by atoms with Gasteiger partial charge in [0.15, 0.2) is 0 Å². The smallest absolute Gasteiger partial charge is 0.223 e. The minimum Gasteiger partial charge on any atom is -0.383 e. The Labute approximate surface area is 120 Å². The van der Waals surface area contributed by atoms with Crippen LogP contribution in [0.5, 0.6) is 0 Å². The first-order valence-corrected chi connectivity index (χ1v) is 7.02. The predicted octanol–water partition coefficient (Wildman–Crippen LogP) is 2.61. The van der Waals surface area contributed by atoms with Crippen LogP contribution in [0.1, 0.15) is 0 Å². The van der Waals surface area contributed by atoms with Crippen molar-refractivity contribution in [2.45, 2.75) is 0 Å². The molecule has 0 aliphatic rings. The Bertz CT molecular complexity index is 663. The van der Waals surface area contributed by atoms with Crippen LogP contribution in [0.25, 0.3) is 20.8 Å². The summed E-state index contributed by atoms with van der Waals surface area (Å²) < 4.78 is 6.10. The summed E-state index contributed by atoms with van der Waals surface area (Å²) >= 11 is 1.61. The van der Waals surface area contributed by atoms with Crippen LogP contribution in [0, 0.1) is 6.20 Å². The third-order valence-corrected chi connectivity index (χ3v) is 3.78. The Morgan fingerprint density at radius 2 is 2.25 bits per heavy atom. The summed E-state index contributed by atoms with van der Waals surface area (Å²) in [6.07, 6.45) is 4.71. The zero-order chi connectivity index (χ0) is 13.8. The molecule has 3 rings (SSSR count). The second-order valence-corrected chi connectivity index (χ2v) is 5.16. The number of para-hydroxylation sites is 1. The van der Waals surface area contributed by atoms with Gasteiger partial charge in [0.05, 0.1) is 22.4 Å². The molecule has 0 unspecified atom stereocenters. The predicted molar refractivity (Wildman–Crippen MR) is 79.8 cm³/mol. The number of hydrogen-bond acceptors (Lipinski definition) is 6. The molecule has 20 heavy (non-hydrogen) atoms. The van der Waals surface area contributed by atoms with E-state index in [9.17, 15) is 0 Å². The van der Waals surface area contributed by atoms with Gasteiger partial charge in [-0.05, 0) is 12.1 Å². The van der Waals surface area contributed by atoms with E-state index in [4.69, 9.17) is 4.74 Å². The summed E-state index contributed by atoms with van der Waals surface area (Å²) in [5, 5.41) is 3.94. The summed E-state index contributed by atoms with van der Waals surface area (Å²) in [6, 6.07) is 8.04. The lowest BCUT2D eigenvalue weighted by Crippen LogP contribution is -2.09. The van der Waals surface area contributed by atoms with Gasteiger partial charge < -0.3 is 10.1 Å². The van der Waals surface area contributed by atoms with Crippen molar-refractivity contribution in [3.63, 3.8) is 0 Å². The highest BCUT2D eigenvalue weighted by molar-refractivity contribution is 7.21. The zero-order valence-corrected chi connectivity index (χ0v) is 11.8. The molecule has 5 nitrogen and oxygen atoms in total. The van der Waals surface area contributed by atoms with Crippen LogP contribution in [-0.4, -0.2) is 35.2 Å². The Morgan fingerprint density at radius 1 is 1.35 bits per heavy atom. The highest BCUT2D eigenvalue weighted by Crippen LogP contribution is 2.28. The number of methoxy groups -OCH3 is 1. The highest BCUT2D eigenvalue weighted by Gasteiger charge is 2.07. The molecule has 2 aromatic heterocycles. The number of nitrogens with zero attached hydrogens (tertiary/aromatic N) is 3. The number of fused-ring (bicyclic) bond motifs is 1. The molecule has 1 aromatic carbocycles. The van der Waals surface area contributed by atoms with Crippen LogP contribution in [0.2, 0.25) is 0 Å². The molecular formula is C14H13N4OS. The van der Waals surface area contributed by atoms with Crippen molar-refractivity contribution in [2.75, 3.05) is 25.6 Å². The van der Waals surface area contributed by atoms with E-state index in [1.54, 1.807) is 24.6 Å². The summed E-state index contributed by atoms with van der Waals surface area (Å²) in [6.45, 7) is 1.29. The molecule has 0 aliphatic carbocycles. The Morgan fingerprint density at radius 3 is 3.00 bits per heavy atom. The summed E-state index contributed by atoms with van der Waals surface area (Å²) in [7, 11) is 1.66. The number of aromatic nitrogens is 3. The molecule has 0 bridgehead atoms. The van der Waals surface area contributed by atoms with Crippen LogP contribution >= 0.6 is 11.3 Å². The van der Waals surface area contributed by atoms with Crippen molar-refractivity contribution in [2.24, 2.45) is 0 Å². The second-order valence-electron chi connectivity index (χ2n) is 4.13. The fourth-order valence-electron chi connectivity index (χ4n) is 1.74.